The maximum absolute atomic E-state index is 12.3. The van der Waals surface area contributed by atoms with E-state index in [4.69, 9.17) is 0 Å². The van der Waals surface area contributed by atoms with Gasteiger partial charge in [0, 0.05) is 17.8 Å². The van der Waals surface area contributed by atoms with E-state index in [1.54, 1.807) is 10.9 Å². The van der Waals surface area contributed by atoms with Crippen molar-refractivity contribution in [2.45, 2.75) is 49.8 Å². The zero-order valence-corrected chi connectivity index (χ0v) is 14.8. The largest absolute Gasteiger partial charge is 0.381 e. The first-order valence-electron chi connectivity index (χ1n) is 7.68. The number of hydrogen-bond acceptors (Lipinski definition) is 4. The number of halogens is 1. The van der Waals surface area contributed by atoms with Crippen LogP contribution in [-0.4, -0.2) is 27.3 Å². The van der Waals surface area contributed by atoms with Crippen LogP contribution in [0.5, 0.6) is 0 Å². The third-order valence-corrected chi connectivity index (χ3v) is 6.85. The molecule has 2 fully saturated rings. The van der Waals surface area contributed by atoms with Crippen molar-refractivity contribution in [2.75, 3.05) is 18.1 Å². The van der Waals surface area contributed by atoms with E-state index in [9.17, 15) is 4.79 Å². The molecule has 21 heavy (non-hydrogen) atoms. The van der Waals surface area contributed by atoms with Crippen LogP contribution >= 0.6 is 27.7 Å². The molecular weight excluding hydrogens is 350 g/mol. The third kappa shape index (κ3) is 3.47. The van der Waals surface area contributed by atoms with Gasteiger partial charge in [-0.15, -0.1) is 0 Å². The molecule has 0 amide bonds. The minimum absolute atomic E-state index is 0.0171. The lowest BCUT2D eigenvalue weighted by Crippen LogP contribution is -2.31. The minimum Gasteiger partial charge on any atom is -0.381 e. The number of anilines is 1. The molecule has 1 aromatic heterocycles. The van der Waals surface area contributed by atoms with Crippen molar-refractivity contribution in [1.82, 2.24) is 9.78 Å². The molecule has 1 heterocycles. The standard InChI is InChI=1S/C15H22BrN3OS/c1-21-15(6-2-3-7-15)10-17-12-8-18-19(9-11-4-5-11)14(20)13(12)16/h8,11,17H,2-7,9-10H2,1H3. The lowest BCUT2D eigenvalue weighted by molar-refractivity contribution is 0.531. The Balaban J connectivity index is 1.70. The number of hydrogen-bond donors (Lipinski definition) is 1. The summed E-state index contributed by atoms with van der Waals surface area (Å²) in [5, 5.41) is 7.76. The van der Waals surface area contributed by atoms with Crippen molar-refractivity contribution in [3.63, 3.8) is 0 Å². The smallest absolute Gasteiger partial charge is 0.283 e. The normalized spacial score (nSPS) is 20.7. The Morgan fingerprint density at radius 1 is 1.48 bits per heavy atom. The van der Waals surface area contributed by atoms with Gasteiger partial charge < -0.3 is 5.32 Å². The predicted octanol–water partition coefficient (Wildman–Crippen LogP) is 3.50. The Bertz CT molecular complexity index is 565. The molecule has 6 heteroatoms. The lowest BCUT2D eigenvalue weighted by atomic mass is 10.1. The lowest BCUT2D eigenvalue weighted by Gasteiger charge is -2.27. The Kier molecular flexibility index (Phi) is 4.64. The van der Waals surface area contributed by atoms with E-state index in [0.717, 1.165) is 18.8 Å². The fraction of sp³-hybridized carbons (Fsp3) is 0.733. The molecule has 0 bridgehead atoms. The molecule has 0 aliphatic heterocycles. The van der Waals surface area contributed by atoms with Crippen molar-refractivity contribution in [1.29, 1.82) is 0 Å². The summed E-state index contributed by atoms with van der Waals surface area (Å²) in [7, 11) is 0. The average Bonchev–Trinajstić information content (AvgIpc) is 3.19. The highest BCUT2D eigenvalue weighted by atomic mass is 79.9. The van der Waals surface area contributed by atoms with Crippen LogP contribution in [0.3, 0.4) is 0 Å². The summed E-state index contributed by atoms with van der Waals surface area (Å²) in [4.78, 5) is 12.3. The first kappa shape index (κ1) is 15.4. The molecule has 116 valence electrons. The van der Waals surface area contributed by atoms with Crippen LogP contribution in [0.25, 0.3) is 0 Å². The Morgan fingerprint density at radius 3 is 2.81 bits per heavy atom. The van der Waals surface area contributed by atoms with Crippen molar-refractivity contribution in [2.24, 2.45) is 5.92 Å². The van der Waals surface area contributed by atoms with E-state index in [1.807, 2.05) is 11.8 Å². The molecule has 0 unspecified atom stereocenters. The number of nitrogens with one attached hydrogen (secondary N) is 1. The minimum atomic E-state index is -0.0171. The topological polar surface area (TPSA) is 46.9 Å². The van der Waals surface area contributed by atoms with Gasteiger partial charge in [-0.05, 0) is 53.8 Å². The summed E-state index contributed by atoms with van der Waals surface area (Å²) in [6.45, 7) is 1.66. The van der Waals surface area contributed by atoms with Crippen LogP contribution in [0.1, 0.15) is 38.5 Å². The SMILES string of the molecule is CSC1(CNc2cnn(CC3CC3)c(=O)c2Br)CCCC1. The monoisotopic (exact) mass is 371 g/mol. The zero-order valence-electron chi connectivity index (χ0n) is 12.4. The molecular formula is C15H22BrN3OS. The van der Waals surface area contributed by atoms with Gasteiger partial charge in [-0.2, -0.15) is 16.9 Å². The van der Waals surface area contributed by atoms with E-state index in [2.05, 4.69) is 32.6 Å². The summed E-state index contributed by atoms with van der Waals surface area (Å²) in [6.07, 6.45) is 11.6. The van der Waals surface area contributed by atoms with E-state index < -0.39 is 0 Å². The van der Waals surface area contributed by atoms with Gasteiger partial charge >= 0.3 is 0 Å². The van der Waals surface area contributed by atoms with Gasteiger partial charge in [0.1, 0.15) is 4.47 Å². The zero-order chi connectivity index (χ0) is 14.9. The highest BCUT2D eigenvalue weighted by molar-refractivity contribution is 9.10. The summed E-state index contributed by atoms with van der Waals surface area (Å²) in [6, 6.07) is 0. The fourth-order valence-electron chi connectivity index (χ4n) is 2.99. The van der Waals surface area contributed by atoms with Gasteiger partial charge in [0.2, 0.25) is 0 Å². The number of nitrogens with zero attached hydrogens (tertiary/aromatic N) is 2. The molecule has 1 aromatic rings. The van der Waals surface area contributed by atoms with Gasteiger partial charge in [-0.1, -0.05) is 12.8 Å². The van der Waals surface area contributed by atoms with Crippen LogP contribution in [-0.2, 0) is 6.54 Å². The number of thioether (sulfide) groups is 1. The van der Waals surface area contributed by atoms with Crippen molar-refractivity contribution in [3.8, 4) is 0 Å². The van der Waals surface area contributed by atoms with Gasteiger partial charge in [0.05, 0.1) is 11.9 Å². The number of rotatable bonds is 6. The molecule has 2 saturated carbocycles. The van der Waals surface area contributed by atoms with Crippen LogP contribution in [0.4, 0.5) is 5.69 Å². The summed E-state index contributed by atoms with van der Waals surface area (Å²) in [5.74, 6) is 0.652. The molecule has 0 spiro atoms. The van der Waals surface area contributed by atoms with Crippen molar-refractivity contribution in [3.05, 3.63) is 21.0 Å². The second kappa shape index (κ2) is 6.32. The van der Waals surface area contributed by atoms with E-state index in [1.165, 1.54) is 38.5 Å². The Hall–Kier alpha value is -0.490. The average molecular weight is 372 g/mol. The molecule has 1 N–H and O–H groups in total. The molecule has 0 atom stereocenters. The highest BCUT2D eigenvalue weighted by Gasteiger charge is 2.33. The third-order valence-electron chi connectivity index (χ3n) is 4.66. The molecule has 0 radical (unpaired) electrons. The van der Waals surface area contributed by atoms with Crippen LogP contribution < -0.4 is 10.9 Å². The first-order valence-corrected chi connectivity index (χ1v) is 9.70. The van der Waals surface area contributed by atoms with E-state index in [-0.39, 0.29) is 5.56 Å². The van der Waals surface area contributed by atoms with Crippen LogP contribution in [0.15, 0.2) is 15.5 Å². The summed E-state index contributed by atoms with van der Waals surface area (Å²) < 4.78 is 2.53. The summed E-state index contributed by atoms with van der Waals surface area (Å²) in [5.41, 5.74) is 0.809. The second-order valence-corrected chi connectivity index (χ2v) is 8.32. The van der Waals surface area contributed by atoms with E-state index >= 15 is 0 Å². The maximum atomic E-state index is 12.3. The Morgan fingerprint density at radius 2 is 2.19 bits per heavy atom. The van der Waals surface area contributed by atoms with Crippen molar-refractivity contribution >= 4 is 33.4 Å². The Labute approximate surface area is 138 Å². The molecule has 4 nitrogen and oxygen atoms in total. The quantitative estimate of drug-likeness (QED) is 0.830. The van der Waals surface area contributed by atoms with Gasteiger partial charge in [0.25, 0.3) is 5.56 Å². The first-order chi connectivity index (χ1) is 10.1. The van der Waals surface area contributed by atoms with Crippen molar-refractivity contribution < 1.29 is 0 Å². The fourth-order valence-corrected chi connectivity index (χ4v) is 4.35. The molecule has 0 saturated heterocycles. The second-order valence-electron chi connectivity index (χ2n) is 6.25. The maximum Gasteiger partial charge on any atom is 0.283 e. The molecule has 0 aromatic carbocycles. The predicted molar refractivity (Wildman–Crippen MR) is 92.1 cm³/mol. The van der Waals surface area contributed by atoms with Crippen LogP contribution in [0.2, 0.25) is 0 Å². The van der Waals surface area contributed by atoms with Crippen LogP contribution in [0, 0.1) is 5.92 Å². The molecule has 3 rings (SSSR count). The summed E-state index contributed by atoms with van der Waals surface area (Å²) >= 11 is 5.40. The van der Waals surface area contributed by atoms with Gasteiger partial charge in [-0.25, -0.2) is 4.68 Å². The number of aromatic nitrogens is 2. The van der Waals surface area contributed by atoms with Gasteiger partial charge in [-0.3, -0.25) is 4.79 Å². The van der Waals surface area contributed by atoms with Gasteiger partial charge in [0.15, 0.2) is 0 Å². The molecule has 2 aliphatic rings. The highest BCUT2D eigenvalue weighted by Crippen LogP contribution is 2.40. The van der Waals surface area contributed by atoms with E-state index in [0.29, 0.717) is 15.1 Å². The molecule has 2 aliphatic carbocycles.